The molecule has 3 N–H and O–H groups in total. The number of carbonyl (C=O) groups is 1. The average Bonchev–Trinajstić information content (AvgIpc) is 3.37. The number of thiocarbonyl (C=S) groups is 1. The zero-order valence-corrected chi connectivity index (χ0v) is 19.2. The highest BCUT2D eigenvalue weighted by atomic mass is 32.1. The van der Waals surface area contributed by atoms with Crippen molar-refractivity contribution in [3.05, 3.63) is 106 Å². The molecule has 174 valence electrons. The molecule has 3 aromatic carbocycles. The highest BCUT2D eigenvalue weighted by Crippen LogP contribution is 2.25. The molecule has 0 bridgehead atoms. The van der Waals surface area contributed by atoms with Gasteiger partial charge in [-0.25, -0.2) is 0 Å². The highest BCUT2D eigenvalue weighted by molar-refractivity contribution is 7.80. The van der Waals surface area contributed by atoms with Gasteiger partial charge in [0.05, 0.1) is 11.0 Å². The monoisotopic (exact) mass is 475 g/mol. The van der Waals surface area contributed by atoms with Gasteiger partial charge in [0, 0.05) is 12.6 Å². The van der Waals surface area contributed by atoms with Crippen LogP contribution in [0.25, 0.3) is 0 Å². The van der Waals surface area contributed by atoms with E-state index in [9.17, 15) is 14.9 Å². The number of likely N-dealkylation sites (tertiary alicyclic amines) is 1. The standard InChI is InChI=1S/C25H25N5O3S/c31-24(26-23(18-10-3-1-4-11-18)19-12-5-2-6-13-19)22-16-9-17-29(22)25(34)28-27-20-14-7-8-15-21(20)30(32)33/h1-8,10-15,22-23,27H,9,16-17H2,(H,26,31)(H,28,34)/t22-/m0/s1. The van der Waals surface area contributed by atoms with E-state index in [2.05, 4.69) is 16.2 Å². The van der Waals surface area contributed by atoms with E-state index in [0.717, 1.165) is 17.5 Å². The summed E-state index contributed by atoms with van der Waals surface area (Å²) in [5.74, 6) is -0.120. The number of para-hydroxylation sites is 2. The third kappa shape index (κ3) is 5.32. The second kappa shape index (κ2) is 10.8. The van der Waals surface area contributed by atoms with Crippen molar-refractivity contribution in [3.8, 4) is 0 Å². The summed E-state index contributed by atoms with van der Waals surface area (Å²) in [6, 6.07) is 25.2. The van der Waals surface area contributed by atoms with Crippen LogP contribution in [0, 0.1) is 10.1 Å². The number of rotatable bonds is 7. The van der Waals surface area contributed by atoms with Crippen molar-refractivity contribution >= 4 is 34.6 Å². The van der Waals surface area contributed by atoms with Crippen molar-refractivity contribution in [1.29, 1.82) is 0 Å². The van der Waals surface area contributed by atoms with Gasteiger partial charge in [0.25, 0.3) is 5.69 Å². The first-order valence-corrected chi connectivity index (χ1v) is 11.4. The van der Waals surface area contributed by atoms with Crippen molar-refractivity contribution < 1.29 is 9.72 Å². The van der Waals surface area contributed by atoms with Crippen LogP contribution < -0.4 is 16.2 Å². The maximum Gasteiger partial charge on any atom is 0.294 e. The minimum Gasteiger partial charge on any atom is -0.343 e. The minimum absolute atomic E-state index is 0.0675. The van der Waals surface area contributed by atoms with Crippen molar-refractivity contribution in [2.45, 2.75) is 24.9 Å². The van der Waals surface area contributed by atoms with E-state index >= 15 is 0 Å². The summed E-state index contributed by atoms with van der Waals surface area (Å²) in [5, 5.41) is 14.8. The Balaban J connectivity index is 1.46. The van der Waals surface area contributed by atoms with Gasteiger partial charge in [-0.15, -0.1) is 0 Å². The molecule has 1 heterocycles. The molecule has 0 aliphatic carbocycles. The van der Waals surface area contributed by atoms with Crippen molar-refractivity contribution in [3.63, 3.8) is 0 Å². The number of carbonyl (C=O) groups excluding carboxylic acids is 1. The van der Waals surface area contributed by atoms with E-state index in [-0.39, 0.29) is 17.6 Å². The number of benzene rings is 3. The first-order valence-electron chi connectivity index (χ1n) is 11.0. The quantitative estimate of drug-likeness (QED) is 0.268. The van der Waals surface area contributed by atoms with Crippen LogP contribution in [0.1, 0.15) is 30.0 Å². The molecular weight excluding hydrogens is 450 g/mol. The van der Waals surface area contributed by atoms with Crippen molar-refractivity contribution in [1.82, 2.24) is 15.6 Å². The zero-order valence-electron chi connectivity index (χ0n) is 18.4. The second-order valence-electron chi connectivity index (χ2n) is 7.94. The van der Waals surface area contributed by atoms with Gasteiger partial charge in [0.2, 0.25) is 5.91 Å². The molecule has 9 heteroatoms. The summed E-state index contributed by atoms with van der Waals surface area (Å²) in [5.41, 5.74) is 7.89. The van der Waals surface area contributed by atoms with E-state index in [4.69, 9.17) is 12.2 Å². The first-order chi connectivity index (χ1) is 16.5. The van der Waals surface area contributed by atoms with Crippen LogP contribution in [0.4, 0.5) is 11.4 Å². The van der Waals surface area contributed by atoms with Crippen LogP contribution in [0.2, 0.25) is 0 Å². The van der Waals surface area contributed by atoms with Crippen molar-refractivity contribution in [2.24, 2.45) is 0 Å². The van der Waals surface area contributed by atoms with Gasteiger partial charge in [0.15, 0.2) is 5.11 Å². The molecule has 1 aliphatic heterocycles. The third-order valence-electron chi connectivity index (χ3n) is 5.77. The van der Waals surface area contributed by atoms with E-state index in [1.165, 1.54) is 6.07 Å². The predicted molar refractivity (Wildman–Crippen MR) is 135 cm³/mol. The topological polar surface area (TPSA) is 99.5 Å². The molecule has 1 aliphatic rings. The molecule has 1 saturated heterocycles. The smallest absolute Gasteiger partial charge is 0.294 e. The Morgan fingerprint density at radius 2 is 1.56 bits per heavy atom. The summed E-state index contributed by atoms with van der Waals surface area (Å²) in [7, 11) is 0. The molecule has 0 unspecified atom stereocenters. The lowest BCUT2D eigenvalue weighted by atomic mass is 9.98. The molecule has 0 radical (unpaired) electrons. The number of hydrazine groups is 1. The average molecular weight is 476 g/mol. The van der Waals surface area contributed by atoms with Gasteiger partial charge in [-0.2, -0.15) is 0 Å². The van der Waals surface area contributed by atoms with E-state index < -0.39 is 11.0 Å². The van der Waals surface area contributed by atoms with Crippen molar-refractivity contribution in [2.75, 3.05) is 12.0 Å². The van der Waals surface area contributed by atoms with Gasteiger partial charge >= 0.3 is 0 Å². The van der Waals surface area contributed by atoms with E-state index in [0.29, 0.717) is 23.8 Å². The molecule has 1 atom stereocenters. The number of nitrogens with zero attached hydrogens (tertiary/aromatic N) is 2. The van der Waals surface area contributed by atoms with Gasteiger partial charge in [-0.05, 0) is 42.3 Å². The predicted octanol–water partition coefficient (Wildman–Crippen LogP) is 4.17. The molecule has 34 heavy (non-hydrogen) atoms. The lowest BCUT2D eigenvalue weighted by Gasteiger charge is -2.29. The first kappa shape index (κ1) is 23.2. The Morgan fingerprint density at radius 3 is 2.18 bits per heavy atom. The molecule has 4 rings (SSSR count). The van der Waals surface area contributed by atoms with Gasteiger partial charge in [-0.1, -0.05) is 72.8 Å². The fourth-order valence-electron chi connectivity index (χ4n) is 4.10. The molecular formula is C25H25N5O3S. The lowest BCUT2D eigenvalue weighted by Crippen LogP contribution is -2.51. The Morgan fingerprint density at radius 1 is 0.971 bits per heavy atom. The van der Waals surface area contributed by atoms with Gasteiger partial charge in [-0.3, -0.25) is 25.8 Å². The zero-order chi connectivity index (χ0) is 23.9. The SMILES string of the molecule is O=C(NC(c1ccccc1)c1ccccc1)[C@@H]1CCCN1C(=S)NNc1ccccc1[N+](=O)[O-]. The van der Waals surface area contributed by atoms with Crippen LogP contribution in [0.15, 0.2) is 84.9 Å². The largest absolute Gasteiger partial charge is 0.343 e. The maximum absolute atomic E-state index is 13.4. The number of nitrogens with one attached hydrogen (secondary N) is 3. The number of anilines is 1. The number of hydrogen-bond donors (Lipinski definition) is 3. The Labute approximate surface area is 203 Å². The van der Waals surface area contributed by atoms with Crippen LogP contribution in [-0.4, -0.2) is 33.4 Å². The molecule has 0 aromatic heterocycles. The molecule has 3 aromatic rings. The summed E-state index contributed by atoms with van der Waals surface area (Å²) >= 11 is 5.52. The summed E-state index contributed by atoms with van der Waals surface area (Å²) in [6.45, 7) is 0.615. The van der Waals surface area contributed by atoms with E-state index in [1.54, 1.807) is 18.2 Å². The van der Waals surface area contributed by atoms with Gasteiger partial charge < -0.3 is 10.2 Å². The molecule has 0 spiro atoms. The molecule has 1 amide bonds. The third-order valence-corrected chi connectivity index (χ3v) is 6.11. The summed E-state index contributed by atoms with van der Waals surface area (Å²) in [4.78, 5) is 26.0. The van der Waals surface area contributed by atoms with Crippen LogP contribution >= 0.6 is 12.2 Å². The normalized spacial score (nSPS) is 15.1. The molecule has 0 saturated carbocycles. The fourth-order valence-corrected chi connectivity index (χ4v) is 4.37. The Kier molecular flexibility index (Phi) is 7.34. The van der Waals surface area contributed by atoms with Gasteiger partial charge in [0.1, 0.15) is 11.7 Å². The Hall–Kier alpha value is -3.98. The van der Waals surface area contributed by atoms with E-state index in [1.807, 2.05) is 65.6 Å². The number of hydrogen-bond acceptors (Lipinski definition) is 5. The minimum atomic E-state index is -0.466. The number of amides is 1. The Bertz CT molecular complexity index is 1120. The maximum atomic E-state index is 13.4. The second-order valence-corrected chi connectivity index (χ2v) is 8.33. The van der Waals surface area contributed by atoms with Crippen LogP contribution in [-0.2, 0) is 4.79 Å². The number of nitro groups is 1. The summed E-state index contributed by atoms with van der Waals surface area (Å²) in [6.07, 6.45) is 1.47. The molecule has 8 nitrogen and oxygen atoms in total. The number of nitro benzene ring substituents is 1. The fraction of sp³-hybridized carbons (Fsp3) is 0.200. The highest BCUT2D eigenvalue weighted by Gasteiger charge is 2.34. The lowest BCUT2D eigenvalue weighted by molar-refractivity contribution is -0.384. The molecule has 1 fully saturated rings. The van der Waals surface area contributed by atoms with Crippen LogP contribution in [0.5, 0.6) is 0 Å². The summed E-state index contributed by atoms with van der Waals surface area (Å²) < 4.78 is 0. The van der Waals surface area contributed by atoms with Crippen LogP contribution in [0.3, 0.4) is 0 Å².